The van der Waals surface area contributed by atoms with E-state index in [4.69, 9.17) is 0 Å². The number of benzene rings is 1. The third kappa shape index (κ3) is 1.58. The average Bonchev–Trinajstić information content (AvgIpc) is 2.82. The molecule has 0 unspecified atom stereocenters. The van der Waals surface area contributed by atoms with Crippen molar-refractivity contribution in [2.75, 3.05) is 0 Å². The molecule has 0 spiro atoms. The summed E-state index contributed by atoms with van der Waals surface area (Å²) in [4.78, 5) is 14.2. The summed E-state index contributed by atoms with van der Waals surface area (Å²) in [6.07, 6.45) is 3.42. The van der Waals surface area contributed by atoms with Crippen LogP contribution >= 0.6 is 0 Å². The molecule has 0 aliphatic rings. The van der Waals surface area contributed by atoms with Gasteiger partial charge in [-0.25, -0.2) is 4.98 Å². The number of nitro benzene ring substituents is 1. The lowest BCUT2D eigenvalue weighted by Gasteiger charge is -1.98. The zero-order chi connectivity index (χ0) is 12.5. The molecule has 0 fully saturated rings. The summed E-state index contributed by atoms with van der Waals surface area (Å²) in [7, 11) is 0. The van der Waals surface area contributed by atoms with Crippen LogP contribution in [0.2, 0.25) is 0 Å². The topological polar surface area (TPSA) is 86.2 Å². The molecule has 0 bridgehead atoms. The maximum absolute atomic E-state index is 10.6. The fourth-order valence-electron chi connectivity index (χ4n) is 1.67. The Morgan fingerprint density at radius 1 is 1.17 bits per heavy atom. The van der Waals surface area contributed by atoms with Crippen molar-refractivity contribution in [3.8, 4) is 11.4 Å². The molecule has 0 aliphatic carbocycles. The highest BCUT2D eigenvalue weighted by atomic mass is 16.6. The molecular formula is C11H7N5O2. The SMILES string of the molecule is O=[N+]([O-])c1ccc(-c2nnc3ncccn23)cc1. The number of nitro groups is 1. The second-order valence-corrected chi connectivity index (χ2v) is 3.62. The van der Waals surface area contributed by atoms with Crippen molar-refractivity contribution >= 4 is 11.5 Å². The summed E-state index contributed by atoms with van der Waals surface area (Å²) in [5, 5.41) is 18.5. The summed E-state index contributed by atoms with van der Waals surface area (Å²) < 4.78 is 1.72. The van der Waals surface area contributed by atoms with E-state index in [1.54, 1.807) is 35.0 Å². The number of fused-ring (bicyclic) bond motifs is 1. The molecule has 0 N–H and O–H groups in total. The van der Waals surface area contributed by atoms with Crippen molar-refractivity contribution in [3.05, 3.63) is 52.8 Å². The van der Waals surface area contributed by atoms with Crippen LogP contribution in [0.3, 0.4) is 0 Å². The molecule has 0 saturated carbocycles. The van der Waals surface area contributed by atoms with Crippen molar-refractivity contribution in [1.29, 1.82) is 0 Å². The zero-order valence-electron chi connectivity index (χ0n) is 9.09. The van der Waals surface area contributed by atoms with Crippen LogP contribution in [0.5, 0.6) is 0 Å². The molecular weight excluding hydrogens is 234 g/mol. The first-order valence-electron chi connectivity index (χ1n) is 5.16. The van der Waals surface area contributed by atoms with Crippen LogP contribution in [0.1, 0.15) is 0 Å². The van der Waals surface area contributed by atoms with Gasteiger partial charge in [0.25, 0.3) is 11.5 Å². The molecule has 1 aromatic carbocycles. The molecule has 0 aliphatic heterocycles. The van der Waals surface area contributed by atoms with Gasteiger partial charge in [-0.2, -0.15) is 0 Å². The number of nitrogens with zero attached hydrogens (tertiary/aromatic N) is 5. The normalized spacial score (nSPS) is 10.7. The highest BCUT2D eigenvalue weighted by molar-refractivity contribution is 5.59. The molecule has 3 aromatic rings. The van der Waals surface area contributed by atoms with Gasteiger partial charge in [-0.05, 0) is 18.2 Å². The molecule has 0 amide bonds. The third-order valence-electron chi connectivity index (χ3n) is 2.53. The lowest BCUT2D eigenvalue weighted by atomic mass is 10.2. The number of aromatic nitrogens is 4. The smallest absolute Gasteiger partial charge is 0.266 e. The lowest BCUT2D eigenvalue weighted by Crippen LogP contribution is -1.91. The quantitative estimate of drug-likeness (QED) is 0.503. The predicted octanol–water partition coefficient (Wildman–Crippen LogP) is 1.70. The van der Waals surface area contributed by atoms with Crippen molar-refractivity contribution in [3.63, 3.8) is 0 Å². The van der Waals surface area contributed by atoms with Crippen LogP contribution in [-0.2, 0) is 0 Å². The lowest BCUT2D eigenvalue weighted by molar-refractivity contribution is -0.384. The Bertz CT molecular complexity index is 720. The van der Waals surface area contributed by atoms with E-state index in [0.717, 1.165) is 5.56 Å². The largest absolute Gasteiger partial charge is 0.269 e. The van der Waals surface area contributed by atoms with E-state index in [1.165, 1.54) is 12.1 Å². The van der Waals surface area contributed by atoms with E-state index < -0.39 is 4.92 Å². The van der Waals surface area contributed by atoms with Gasteiger partial charge in [0, 0.05) is 30.1 Å². The monoisotopic (exact) mass is 241 g/mol. The van der Waals surface area contributed by atoms with Gasteiger partial charge in [0.2, 0.25) is 0 Å². The minimum atomic E-state index is -0.437. The van der Waals surface area contributed by atoms with Crippen molar-refractivity contribution in [2.24, 2.45) is 0 Å². The van der Waals surface area contributed by atoms with Gasteiger partial charge in [-0.1, -0.05) is 0 Å². The second kappa shape index (κ2) is 3.88. The summed E-state index contributed by atoms with van der Waals surface area (Å²) in [6, 6.07) is 7.92. The highest BCUT2D eigenvalue weighted by Gasteiger charge is 2.10. The summed E-state index contributed by atoms with van der Waals surface area (Å²) in [5.41, 5.74) is 0.798. The highest BCUT2D eigenvalue weighted by Crippen LogP contribution is 2.20. The van der Waals surface area contributed by atoms with Gasteiger partial charge in [-0.3, -0.25) is 14.5 Å². The summed E-state index contributed by atoms with van der Waals surface area (Å²) in [6.45, 7) is 0. The molecule has 0 atom stereocenters. The van der Waals surface area contributed by atoms with Crippen LogP contribution in [-0.4, -0.2) is 24.5 Å². The molecule has 0 saturated heterocycles. The first kappa shape index (κ1) is 10.3. The fourth-order valence-corrected chi connectivity index (χ4v) is 1.67. The second-order valence-electron chi connectivity index (χ2n) is 3.62. The van der Waals surface area contributed by atoms with Crippen molar-refractivity contribution in [2.45, 2.75) is 0 Å². The minimum Gasteiger partial charge on any atom is -0.266 e. The van der Waals surface area contributed by atoms with E-state index >= 15 is 0 Å². The van der Waals surface area contributed by atoms with Crippen molar-refractivity contribution < 1.29 is 4.92 Å². The van der Waals surface area contributed by atoms with Crippen LogP contribution in [0, 0.1) is 10.1 Å². The number of hydrogen-bond donors (Lipinski definition) is 0. The van der Waals surface area contributed by atoms with E-state index in [-0.39, 0.29) is 5.69 Å². The summed E-state index contributed by atoms with van der Waals surface area (Å²) >= 11 is 0. The molecule has 88 valence electrons. The van der Waals surface area contributed by atoms with Gasteiger partial charge in [0.05, 0.1) is 4.92 Å². The fraction of sp³-hybridized carbons (Fsp3) is 0. The predicted molar refractivity (Wildman–Crippen MR) is 62.9 cm³/mol. The first-order valence-corrected chi connectivity index (χ1v) is 5.16. The Kier molecular flexibility index (Phi) is 2.23. The first-order chi connectivity index (χ1) is 8.75. The van der Waals surface area contributed by atoms with Crippen LogP contribution in [0.15, 0.2) is 42.7 Å². The Morgan fingerprint density at radius 3 is 2.67 bits per heavy atom. The number of non-ortho nitro benzene ring substituents is 1. The Hall–Kier alpha value is -2.83. The Morgan fingerprint density at radius 2 is 1.94 bits per heavy atom. The third-order valence-corrected chi connectivity index (χ3v) is 2.53. The maximum atomic E-state index is 10.6. The van der Waals surface area contributed by atoms with Gasteiger partial charge in [0.1, 0.15) is 0 Å². The maximum Gasteiger partial charge on any atom is 0.269 e. The molecule has 3 rings (SSSR count). The van der Waals surface area contributed by atoms with Gasteiger partial charge in [0.15, 0.2) is 5.82 Å². The average molecular weight is 241 g/mol. The van der Waals surface area contributed by atoms with Gasteiger partial charge < -0.3 is 0 Å². The van der Waals surface area contributed by atoms with Gasteiger partial charge in [-0.15, -0.1) is 10.2 Å². The van der Waals surface area contributed by atoms with Crippen molar-refractivity contribution in [1.82, 2.24) is 19.6 Å². The Balaban J connectivity index is 2.12. The minimum absolute atomic E-state index is 0.0469. The number of rotatable bonds is 2. The standard InChI is InChI=1S/C11H7N5O2/c17-16(18)9-4-2-8(3-5-9)10-13-14-11-12-6-1-7-15(10)11/h1-7H. The molecule has 18 heavy (non-hydrogen) atoms. The van der Waals surface area contributed by atoms with E-state index in [2.05, 4.69) is 15.2 Å². The van der Waals surface area contributed by atoms with E-state index in [0.29, 0.717) is 11.6 Å². The molecule has 2 heterocycles. The summed E-state index contributed by atoms with van der Waals surface area (Å²) in [5.74, 6) is 1.10. The zero-order valence-corrected chi connectivity index (χ0v) is 9.09. The van der Waals surface area contributed by atoms with E-state index in [1.807, 2.05) is 0 Å². The molecule has 0 radical (unpaired) electrons. The van der Waals surface area contributed by atoms with Gasteiger partial charge >= 0.3 is 0 Å². The van der Waals surface area contributed by atoms with Crippen LogP contribution in [0.4, 0.5) is 5.69 Å². The molecule has 7 nitrogen and oxygen atoms in total. The number of hydrogen-bond acceptors (Lipinski definition) is 5. The van der Waals surface area contributed by atoms with Crippen LogP contribution < -0.4 is 0 Å². The molecule has 2 aromatic heterocycles. The Labute approximate surface area is 101 Å². The van der Waals surface area contributed by atoms with E-state index in [9.17, 15) is 10.1 Å². The van der Waals surface area contributed by atoms with Crippen LogP contribution in [0.25, 0.3) is 17.2 Å². The molecule has 7 heteroatoms.